The van der Waals surface area contributed by atoms with E-state index in [1.165, 1.54) is 0 Å². The van der Waals surface area contributed by atoms with E-state index in [4.69, 9.17) is 0 Å². The van der Waals surface area contributed by atoms with Gasteiger partial charge in [0.15, 0.2) is 0 Å². The van der Waals surface area contributed by atoms with Crippen molar-refractivity contribution < 1.29 is 9.59 Å². The van der Waals surface area contributed by atoms with Crippen LogP contribution in [-0.2, 0) is 9.59 Å². The maximum absolute atomic E-state index is 12.0. The lowest BCUT2D eigenvalue weighted by Crippen LogP contribution is -2.52. The Hall–Kier alpha value is -1.10. The summed E-state index contributed by atoms with van der Waals surface area (Å²) in [6.07, 6.45) is 2.90. The lowest BCUT2D eigenvalue weighted by atomic mass is 10.2. The van der Waals surface area contributed by atoms with Crippen LogP contribution in [0.2, 0.25) is 0 Å². The standard InChI is InChI=1S/C10H17N3O2/c14-8-12-4-6-13(7-5-12)10(15)9-2-1-3-11-9/h8-9,11H,1-7H2. The zero-order valence-corrected chi connectivity index (χ0v) is 8.82. The van der Waals surface area contributed by atoms with Gasteiger partial charge in [-0.1, -0.05) is 0 Å². The van der Waals surface area contributed by atoms with Crippen molar-refractivity contribution in [3.63, 3.8) is 0 Å². The molecule has 0 radical (unpaired) electrons. The second kappa shape index (κ2) is 4.61. The molecule has 0 aromatic carbocycles. The Kier molecular flexibility index (Phi) is 3.20. The van der Waals surface area contributed by atoms with Crippen molar-refractivity contribution in [1.82, 2.24) is 15.1 Å². The number of carbonyl (C=O) groups is 2. The maximum Gasteiger partial charge on any atom is 0.239 e. The molecule has 1 N–H and O–H groups in total. The summed E-state index contributed by atoms with van der Waals surface area (Å²) < 4.78 is 0. The molecule has 2 aliphatic heterocycles. The molecule has 0 bridgehead atoms. The molecule has 0 spiro atoms. The SMILES string of the molecule is O=CN1CCN(C(=O)C2CCCN2)CC1. The van der Waals surface area contributed by atoms with Gasteiger partial charge in [-0.25, -0.2) is 0 Å². The summed E-state index contributed by atoms with van der Waals surface area (Å²) in [4.78, 5) is 26.0. The molecule has 84 valence electrons. The number of piperazine rings is 1. The fourth-order valence-corrected chi connectivity index (χ4v) is 2.16. The molecule has 1 unspecified atom stereocenters. The Labute approximate surface area is 89.4 Å². The van der Waals surface area contributed by atoms with E-state index >= 15 is 0 Å². The van der Waals surface area contributed by atoms with Crippen LogP contribution in [-0.4, -0.2) is 60.9 Å². The van der Waals surface area contributed by atoms with Gasteiger partial charge < -0.3 is 15.1 Å². The highest BCUT2D eigenvalue weighted by atomic mass is 16.2. The van der Waals surface area contributed by atoms with Gasteiger partial charge in [-0.3, -0.25) is 9.59 Å². The maximum atomic E-state index is 12.0. The molecule has 2 rings (SSSR count). The highest BCUT2D eigenvalue weighted by molar-refractivity contribution is 5.82. The summed E-state index contributed by atoms with van der Waals surface area (Å²) >= 11 is 0. The van der Waals surface area contributed by atoms with E-state index in [2.05, 4.69) is 5.32 Å². The van der Waals surface area contributed by atoms with E-state index in [-0.39, 0.29) is 11.9 Å². The van der Waals surface area contributed by atoms with Gasteiger partial charge in [0, 0.05) is 26.2 Å². The highest BCUT2D eigenvalue weighted by Crippen LogP contribution is 2.10. The van der Waals surface area contributed by atoms with Gasteiger partial charge in [0.05, 0.1) is 6.04 Å². The average molecular weight is 211 g/mol. The molecule has 5 heteroatoms. The first-order valence-corrected chi connectivity index (χ1v) is 5.53. The zero-order valence-electron chi connectivity index (χ0n) is 8.82. The number of carbonyl (C=O) groups excluding carboxylic acids is 2. The van der Waals surface area contributed by atoms with Gasteiger partial charge in [-0.2, -0.15) is 0 Å². The third-order valence-corrected chi connectivity index (χ3v) is 3.13. The first kappa shape index (κ1) is 10.4. The Morgan fingerprint density at radius 3 is 2.53 bits per heavy atom. The third-order valence-electron chi connectivity index (χ3n) is 3.13. The summed E-state index contributed by atoms with van der Waals surface area (Å²) in [5.74, 6) is 0.207. The summed E-state index contributed by atoms with van der Waals surface area (Å²) in [6, 6.07) is 0.0211. The highest BCUT2D eigenvalue weighted by Gasteiger charge is 2.28. The summed E-state index contributed by atoms with van der Waals surface area (Å²) in [5.41, 5.74) is 0. The van der Waals surface area contributed by atoms with Crippen LogP contribution in [0.15, 0.2) is 0 Å². The minimum absolute atomic E-state index is 0.0211. The van der Waals surface area contributed by atoms with Crippen molar-refractivity contribution in [2.75, 3.05) is 32.7 Å². The molecule has 2 amide bonds. The van der Waals surface area contributed by atoms with Crippen LogP contribution >= 0.6 is 0 Å². The molecule has 1 atom stereocenters. The van der Waals surface area contributed by atoms with Gasteiger partial charge in [0.2, 0.25) is 12.3 Å². The topological polar surface area (TPSA) is 52.7 Å². The smallest absolute Gasteiger partial charge is 0.239 e. The van der Waals surface area contributed by atoms with Crippen LogP contribution in [0.25, 0.3) is 0 Å². The zero-order chi connectivity index (χ0) is 10.7. The normalized spacial score (nSPS) is 26.8. The van der Waals surface area contributed by atoms with Crippen molar-refractivity contribution >= 4 is 12.3 Å². The third kappa shape index (κ3) is 2.28. The summed E-state index contributed by atoms with van der Waals surface area (Å²) in [6.45, 7) is 3.64. The number of nitrogens with zero attached hydrogens (tertiary/aromatic N) is 2. The van der Waals surface area contributed by atoms with E-state index in [0.29, 0.717) is 26.2 Å². The molecule has 2 heterocycles. The van der Waals surface area contributed by atoms with E-state index < -0.39 is 0 Å². The number of nitrogens with one attached hydrogen (secondary N) is 1. The molecule has 2 saturated heterocycles. The van der Waals surface area contributed by atoms with Crippen LogP contribution in [0.3, 0.4) is 0 Å². The quantitative estimate of drug-likeness (QED) is 0.598. The van der Waals surface area contributed by atoms with Crippen LogP contribution in [0, 0.1) is 0 Å². The van der Waals surface area contributed by atoms with Crippen LogP contribution in [0.4, 0.5) is 0 Å². The van der Waals surface area contributed by atoms with Crippen molar-refractivity contribution in [3.8, 4) is 0 Å². The van der Waals surface area contributed by atoms with Crippen molar-refractivity contribution in [1.29, 1.82) is 0 Å². The van der Waals surface area contributed by atoms with Crippen LogP contribution in [0.1, 0.15) is 12.8 Å². The second-order valence-electron chi connectivity index (χ2n) is 4.12. The number of hydrogen-bond donors (Lipinski definition) is 1. The van der Waals surface area contributed by atoms with Crippen molar-refractivity contribution in [3.05, 3.63) is 0 Å². The van der Waals surface area contributed by atoms with Gasteiger partial charge in [0.1, 0.15) is 0 Å². The predicted octanol–water partition coefficient (Wildman–Crippen LogP) is -0.961. The fraction of sp³-hybridized carbons (Fsp3) is 0.800. The molecule has 2 fully saturated rings. The Morgan fingerprint density at radius 2 is 2.00 bits per heavy atom. The minimum atomic E-state index is 0.0211. The molecule has 0 aromatic heterocycles. The Morgan fingerprint density at radius 1 is 1.27 bits per heavy atom. The molecular formula is C10H17N3O2. The van der Waals surface area contributed by atoms with E-state index in [9.17, 15) is 9.59 Å². The molecule has 15 heavy (non-hydrogen) atoms. The predicted molar refractivity (Wildman–Crippen MR) is 55.2 cm³/mol. The van der Waals surface area contributed by atoms with Gasteiger partial charge in [0.25, 0.3) is 0 Å². The Bertz CT molecular complexity index is 243. The minimum Gasteiger partial charge on any atom is -0.342 e. The van der Waals surface area contributed by atoms with Crippen molar-refractivity contribution in [2.45, 2.75) is 18.9 Å². The first-order valence-electron chi connectivity index (χ1n) is 5.53. The second-order valence-corrected chi connectivity index (χ2v) is 4.12. The van der Waals surface area contributed by atoms with E-state index in [1.807, 2.05) is 4.90 Å². The number of hydrogen-bond acceptors (Lipinski definition) is 3. The summed E-state index contributed by atoms with van der Waals surface area (Å²) in [5, 5.41) is 3.20. The van der Waals surface area contributed by atoms with E-state index in [0.717, 1.165) is 25.8 Å². The van der Waals surface area contributed by atoms with Gasteiger partial charge in [-0.05, 0) is 19.4 Å². The molecule has 0 aliphatic carbocycles. The Balaban J connectivity index is 1.84. The number of rotatable bonds is 2. The number of amides is 2. The lowest BCUT2D eigenvalue weighted by Gasteiger charge is -2.34. The monoisotopic (exact) mass is 211 g/mol. The molecule has 0 aromatic rings. The largest absolute Gasteiger partial charge is 0.342 e. The van der Waals surface area contributed by atoms with E-state index in [1.54, 1.807) is 4.90 Å². The summed E-state index contributed by atoms with van der Waals surface area (Å²) in [7, 11) is 0. The van der Waals surface area contributed by atoms with Gasteiger partial charge >= 0.3 is 0 Å². The molecule has 2 aliphatic rings. The average Bonchev–Trinajstić information content (AvgIpc) is 2.82. The first-order chi connectivity index (χ1) is 7.31. The van der Waals surface area contributed by atoms with Crippen LogP contribution < -0.4 is 5.32 Å². The van der Waals surface area contributed by atoms with Gasteiger partial charge in [-0.15, -0.1) is 0 Å². The van der Waals surface area contributed by atoms with Crippen molar-refractivity contribution in [2.24, 2.45) is 0 Å². The molecular weight excluding hydrogens is 194 g/mol. The molecule has 0 saturated carbocycles. The lowest BCUT2D eigenvalue weighted by molar-refractivity contribution is -0.136. The fourth-order valence-electron chi connectivity index (χ4n) is 2.16. The van der Waals surface area contributed by atoms with Crippen LogP contribution in [0.5, 0.6) is 0 Å². The molecule has 5 nitrogen and oxygen atoms in total.